The number of carbonyl (C=O) groups excluding carboxylic acids is 1. The van der Waals surface area contributed by atoms with Crippen LogP contribution in [0.4, 0.5) is 35.2 Å². The zero-order chi connectivity index (χ0) is 17.7. The van der Waals surface area contributed by atoms with Crippen molar-refractivity contribution in [2.45, 2.75) is 26.1 Å². The summed E-state index contributed by atoms with van der Waals surface area (Å²) in [5, 5.41) is 7.85. The molecule has 1 heterocycles. The first kappa shape index (κ1) is 17.6. The molecule has 2 aromatic rings. The lowest BCUT2D eigenvalue weighted by atomic mass is 10.1. The number of rotatable bonds is 4. The van der Waals surface area contributed by atoms with E-state index in [9.17, 15) is 18.0 Å². The quantitative estimate of drug-likeness (QED) is 0.775. The fourth-order valence-corrected chi connectivity index (χ4v) is 1.95. The summed E-state index contributed by atoms with van der Waals surface area (Å²) in [5.41, 5.74) is -0.449. The highest BCUT2D eigenvalue weighted by Gasteiger charge is 2.33. The van der Waals surface area contributed by atoms with Crippen molar-refractivity contribution in [3.63, 3.8) is 0 Å². The minimum absolute atomic E-state index is 0.0233. The largest absolute Gasteiger partial charge is 0.418 e. The number of para-hydroxylation sites is 1. The molecule has 2 rings (SSSR count). The average molecular weight is 338 g/mol. The standard InChI is InChI=1S/C16H17F3N4O/c1-10(2)21-15(24)23-14-8-7-11(9-20-14)22-13-6-4-3-5-12(13)16(17,18)19/h3-10,22H,1-2H3,(H2,20,21,23,24). The Kier molecular flexibility index (Phi) is 5.28. The number of halogens is 3. The number of anilines is 3. The highest BCUT2D eigenvalue weighted by Crippen LogP contribution is 2.35. The number of nitrogens with one attached hydrogen (secondary N) is 3. The van der Waals surface area contributed by atoms with E-state index in [0.717, 1.165) is 6.07 Å². The summed E-state index contributed by atoms with van der Waals surface area (Å²) in [6.07, 6.45) is -3.11. The second kappa shape index (κ2) is 7.20. The lowest BCUT2D eigenvalue weighted by molar-refractivity contribution is -0.136. The minimum atomic E-state index is -4.45. The van der Waals surface area contributed by atoms with E-state index in [2.05, 4.69) is 20.9 Å². The van der Waals surface area contributed by atoms with Crippen LogP contribution in [0.1, 0.15) is 19.4 Å². The van der Waals surface area contributed by atoms with Gasteiger partial charge in [-0.15, -0.1) is 0 Å². The number of hydrogen-bond acceptors (Lipinski definition) is 3. The van der Waals surface area contributed by atoms with Gasteiger partial charge in [-0.1, -0.05) is 12.1 Å². The van der Waals surface area contributed by atoms with Gasteiger partial charge in [-0.3, -0.25) is 5.32 Å². The molecule has 24 heavy (non-hydrogen) atoms. The summed E-state index contributed by atoms with van der Waals surface area (Å²) in [6, 6.07) is 7.78. The predicted molar refractivity (Wildman–Crippen MR) is 86.3 cm³/mol. The Bertz CT molecular complexity index is 699. The summed E-state index contributed by atoms with van der Waals surface area (Å²) < 4.78 is 38.9. The first-order valence-corrected chi connectivity index (χ1v) is 7.22. The molecule has 0 aliphatic heterocycles. The van der Waals surface area contributed by atoms with Gasteiger partial charge >= 0.3 is 12.2 Å². The molecule has 0 aliphatic rings. The SMILES string of the molecule is CC(C)NC(=O)Nc1ccc(Nc2ccccc2C(F)(F)F)cn1. The van der Waals surface area contributed by atoms with E-state index in [1.165, 1.54) is 36.5 Å². The maximum Gasteiger partial charge on any atom is 0.418 e. The maximum atomic E-state index is 13.0. The van der Waals surface area contributed by atoms with Crippen LogP contribution in [-0.4, -0.2) is 17.1 Å². The number of alkyl halides is 3. The Labute approximate surface area is 137 Å². The third-order valence-electron chi connectivity index (χ3n) is 2.94. The van der Waals surface area contributed by atoms with Gasteiger partial charge in [0.05, 0.1) is 23.1 Å². The number of hydrogen-bond donors (Lipinski definition) is 3. The van der Waals surface area contributed by atoms with Crippen molar-refractivity contribution in [1.82, 2.24) is 10.3 Å². The van der Waals surface area contributed by atoms with Crippen molar-refractivity contribution >= 4 is 23.2 Å². The van der Waals surface area contributed by atoms with Crippen LogP contribution < -0.4 is 16.0 Å². The second-order valence-electron chi connectivity index (χ2n) is 5.35. The molecule has 0 unspecified atom stereocenters. The van der Waals surface area contributed by atoms with Gasteiger partial charge in [-0.05, 0) is 38.1 Å². The highest BCUT2D eigenvalue weighted by atomic mass is 19.4. The molecule has 128 valence electrons. The van der Waals surface area contributed by atoms with Crippen LogP contribution in [0.5, 0.6) is 0 Å². The lowest BCUT2D eigenvalue weighted by Gasteiger charge is -2.14. The van der Waals surface area contributed by atoms with Gasteiger partial charge in [-0.2, -0.15) is 13.2 Å². The molecule has 0 bridgehead atoms. The summed E-state index contributed by atoms with van der Waals surface area (Å²) in [7, 11) is 0. The summed E-state index contributed by atoms with van der Waals surface area (Å²) in [4.78, 5) is 15.5. The van der Waals surface area contributed by atoms with Gasteiger partial charge in [0, 0.05) is 6.04 Å². The molecule has 1 aromatic heterocycles. The Hall–Kier alpha value is -2.77. The van der Waals surface area contributed by atoms with E-state index >= 15 is 0 Å². The molecule has 0 spiro atoms. The Morgan fingerprint density at radius 1 is 1.12 bits per heavy atom. The minimum Gasteiger partial charge on any atom is -0.354 e. The van der Waals surface area contributed by atoms with Crippen molar-refractivity contribution in [3.8, 4) is 0 Å². The Morgan fingerprint density at radius 2 is 1.83 bits per heavy atom. The zero-order valence-electron chi connectivity index (χ0n) is 13.1. The van der Waals surface area contributed by atoms with Crippen LogP contribution >= 0.6 is 0 Å². The molecule has 0 saturated heterocycles. The number of pyridine rings is 1. The second-order valence-corrected chi connectivity index (χ2v) is 5.35. The van der Waals surface area contributed by atoms with Crippen molar-refractivity contribution in [3.05, 3.63) is 48.2 Å². The molecule has 0 atom stereocenters. The van der Waals surface area contributed by atoms with Gasteiger partial charge in [0.1, 0.15) is 5.82 Å². The molecule has 8 heteroatoms. The number of benzene rings is 1. The first-order valence-electron chi connectivity index (χ1n) is 7.22. The molecule has 0 fully saturated rings. The molecule has 0 radical (unpaired) electrons. The van der Waals surface area contributed by atoms with Gasteiger partial charge in [-0.25, -0.2) is 9.78 Å². The van der Waals surface area contributed by atoms with Gasteiger partial charge < -0.3 is 10.6 Å². The van der Waals surface area contributed by atoms with E-state index in [4.69, 9.17) is 0 Å². The molecular formula is C16H17F3N4O. The fourth-order valence-electron chi connectivity index (χ4n) is 1.95. The van der Waals surface area contributed by atoms with Gasteiger partial charge in [0.25, 0.3) is 0 Å². The van der Waals surface area contributed by atoms with Crippen LogP contribution in [0.3, 0.4) is 0 Å². The van der Waals surface area contributed by atoms with E-state index in [-0.39, 0.29) is 11.7 Å². The van der Waals surface area contributed by atoms with E-state index in [1.807, 2.05) is 13.8 Å². The van der Waals surface area contributed by atoms with Gasteiger partial charge in [0.15, 0.2) is 0 Å². The van der Waals surface area contributed by atoms with E-state index in [1.54, 1.807) is 0 Å². The van der Waals surface area contributed by atoms with E-state index < -0.39 is 17.8 Å². The average Bonchev–Trinajstić information content (AvgIpc) is 2.48. The molecule has 0 saturated carbocycles. The molecule has 2 amide bonds. The summed E-state index contributed by atoms with van der Waals surface area (Å²) in [5.74, 6) is 0.294. The Morgan fingerprint density at radius 3 is 2.42 bits per heavy atom. The third-order valence-corrected chi connectivity index (χ3v) is 2.94. The van der Waals surface area contributed by atoms with Crippen LogP contribution in [0.15, 0.2) is 42.6 Å². The van der Waals surface area contributed by atoms with Crippen molar-refractivity contribution in [1.29, 1.82) is 0 Å². The number of carbonyl (C=O) groups is 1. The van der Waals surface area contributed by atoms with Crippen molar-refractivity contribution in [2.24, 2.45) is 0 Å². The van der Waals surface area contributed by atoms with Crippen LogP contribution in [-0.2, 0) is 6.18 Å². The lowest BCUT2D eigenvalue weighted by Crippen LogP contribution is -2.34. The fraction of sp³-hybridized carbons (Fsp3) is 0.250. The summed E-state index contributed by atoms with van der Waals surface area (Å²) >= 11 is 0. The molecular weight excluding hydrogens is 321 g/mol. The van der Waals surface area contributed by atoms with Crippen LogP contribution in [0.2, 0.25) is 0 Å². The zero-order valence-corrected chi connectivity index (χ0v) is 13.1. The number of urea groups is 1. The van der Waals surface area contributed by atoms with Crippen molar-refractivity contribution < 1.29 is 18.0 Å². The van der Waals surface area contributed by atoms with Crippen LogP contribution in [0, 0.1) is 0 Å². The predicted octanol–water partition coefficient (Wildman–Crippen LogP) is 4.37. The smallest absolute Gasteiger partial charge is 0.354 e. The van der Waals surface area contributed by atoms with Crippen LogP contribution in [0.25, 0.3) is 0 Å². The molecule has 0 aliphatic carbocycles. The monoisotopic (exact) mass is 338 g/mol. The molecule has 1 aromatic carbocycles. The maximum absolute atomic E-state index is 13.0. The molecule has 3 N–H and O–H groups in total. The first-order chi connectivity index (χ1) is 11.3. The van der Waals surface area contributed by atoms with Crippen molar-refractivity contribution in [2.75, 3.05) is 10.6 Å². The summed E-state index contributed by atoms with van der Waals surface area (Å²) in [6.45, 7) is 3.64. The number of amides is 2. The van der Waals surface area contributed by atoms with E-state index in [0.29, 0.717) is 11.5 Å². The number of aromatic nitrogens is 1. The third kappa shape index (κ3) is 4.87. The molecule has 5 nitrogen and oxygen atoms in total. The normalized spacial score (nSPS) is 11.2. The highest BCUT2D eigenvalue weighted by molar-refractivity contribution is 5.88. The van der Waals surface area contributed by atoms with Gasteiger partial charge in [0.2, 0.25) is 0 Å². The topological polar surface area (TPSA) is 66.1 Å². The Balaban J connectivity index is 2.09. The number of nitrogens with zero attached hydrogens (tertiary/aromatic N) is 1.